The molecule has 1 N–H and O–H groups in total. The number of rotatable bonds is 2. The third-order valence-corrected chi connectivity index (χ3v) is 5.03. The van der Waals surface area contributed by atoms with Crippen LogP contribution in [-0.4, -0.2) is 16.9 Å². The molecule has 1 aliphatic heterocycles. The summed E-state index contributed by atoms with van der Waals surface area (Å²) in [5.41, 5.74) is -0.791. The number of halogens is 5. The molecule has 0 atom stereocenters. The Morgan fingerprint density at radius 2 is 1.62 bits per heavy atom. The number of anilines is 2. The van der Waals surface area contributed by atoms with Crippen molar-refractivity contribution >= 4 is 74.6 Å². The van der Waals surface area contributed by atoms with Gasteiger partial charge in [-0.25, -0.2) is 14.6 Å². The normalized spacial score (nSPS) is 15.2. The zero-order valence-corrected chi connectivity index (χ0v) is 16.4. The van der Waals surface area contributed by atoms with Crippen molar-refractivity contribution in [3.05, 3.63) is 56.6 Å². The molecule has 0 aromatic heterocycles. The first-order valence-electron chi connectivity index (χ1n) is 7.00. The molecule has 1 fully saturated rings. The maximum atomic E-state index is 13.1. The zero-order chi connectivity index (χ0) is 19.2. The highest BCUT2D eigenvalue weighted by Gasteiger charge is 2.42. The molecule has 3 rings (SSSR count). The molecule has 1 aliphatic rings. The van der Waals surface area contributed by atoms with Crippen LogP contribution in [0.15, 0.2) is 42.5 Å². The van der Waals surface area contributed by atoms with Crippen LogP contribution in [0.2, 0.25) is 5.02 Å². The first-order valence-corrected chi connectivity index (χ1v) is 8.87. The van der Waals surface area contributed by atoms with Gasteiger partial charge in [-0.1, -0.05) is 23.8 Å². The molecule has 0 bridgehead atoms. The number of nitrogens with zero attached hydrogens (tertiary/aromatic N) is 2. The zero-order valence-electron chi connectivity index (χ0n) is 12.6. The van der Waals surface area contributed by atoms with Crippen molar-refractivity contribution in [2.45, 2.75) is 6.18 Å². The minimum absolute atomic E-state index is 0.0975. The number of carbonyl (C=O) groups is 1. The molecule has 0 saturated carbocycles. The number of benzene rings is 2. The van der Waals surface area contributed by atoms with Gasteiger partial charge in [0.05, 0.1) is 22.0 Å². The molecular weight excluding hydrogens is 502 g/mol. The van der Waals surface area contributed by atoms with Crippen molar-refractivity contribution in [3.63, 3.8) is 0 Å². The van der Waals surface area contributed by atoms with Crippen molar-refractivity contribution in [2.24, 2.45) is 0 Å². The van der Waals surface area contributed by atoms with Crippen LogP contribution >= 0.6 is 46.4 Å². The number of amidine groups is 1. The van der Waals surface area contributed by atoms with Crippen LogP contribution in [0.4, 0.5) is 29.3 Å². The highest BCUT2D eigenvalue weighted by Crippen LogP contribution is 2.38. The molecule has 0 aliphatic carbocycles. The Kier molecular flexibility index (Phi) is 4.97. The van der Waals surface area contributed by atoms with Gasteiger partial charge in [0, 0.05) is 3.57 Å². The van der Waals surface area contributed by atoms with Crippen LogP contribution in [0.5, 0.6) is 0 Å². The summed E-state index contributed by atoms with van der Waals surface area (Å²) in [6.07, 6.45) is -4.69. The second-order valence-corrected chi connectivity index (χ2v) is 7.29. The summed E-state index contributed by atoms with van der Waals surface area (Å²) in [7, 11) is 0. The summed E-state index contributed by atoms with van der Waals surface area (Å²) in [5.74, 6) is -0.376. The summed E-state index contributed by atoms with van der Waals surface area (Å²) < 4.78 is 40.2. The third-order valence-electron chi connectivity index (χ3n) is 3.61. The highest BCUT2D eigenvalue weighted by atomic mass is 127. The van der Waals surface area contributed by atoms with Gasteiger partial charge in [-0.15, -0.1) is 0 Å². The molecular formula is C16H8ClF3IN3OS. The molecule has 2 aromatic carbocycles. The molecule has 0 unspecified atom stereocenters. The monoisotopic (exact) mass is 509 g/mol. The SMILES string of the molecule is N=C1C(=S)N(c2ccc(I)cc2)C(=O)N1c1ccc(Cl)c(C(F)(F)F)c1. The molecule has 0 radical (unpaired) electrons. The first-order chi connectivity index (χ1) is 12.1. The number of thiocarbonyl (C=S) groups is 1. The Morgan fingerprint density at radius 1 is 1.04 bits per heavy atom. The van der Waals surface area contributed by atoms with E-state index in [9.17, 15) is 18.0 Å². The molecule has 1 saturated heterocycles. The van der Waals surface area contributed by atoms with Crippen LogP contribution in [-0.2, 0) is 6.18 Å². The largest absolute Gasteiger partial charge is 0.417 e. The molecule has 1 heterocycles. The lowest BCUT2D eigenvalue weighted by Gasteiger charge is -2.19. The van der Waals surface area contributed by atoms with E-state index in [1.54, 1.807) is 24.3 Å². The van der Waals surface area contributed by atoms with Gasteiger partial charge in [0.2, 0.25) is 0 Å². The van der Waals surface area contributed by atoms with E-state index < -0.39 is 22.8 Å². The Labute approximate surface area is 170 Å². The number of alkyl halides is 3. The Hall–Kier alpha value is -1.72. The van der Waals surface area contributed by atoms with E-state index in [0.29, 0.717) is 5.69 Å². The van der Waals surface area contributed by atoms with Crippen molar-refractivity contribution in [1.82, 2.24) is 0 Å². The lowest BCUT2D eigenvalue weighted by atomic mass is 10.2. The van der Waals surface area contributed by atoms with Gasteiger partial charge < -0.3 is 0 Å². The minimum atomic E-state index is -4.69. The maximum Gasteiger partial charge on any atom is 0.417 e. The average molecular weight is 510 g/mol. The van der Waals surface area contributed by atoms with Crippen molar-refractivity contribution in [2.75, 3.05) is 9.80 Å². The summed E-state index contributed by atoms with van der Waals surface area (Å²) in [6.45, 7) is 0. The molecule has 2 aromatic rings. The predicted octanol–water partition coefficient (Wildman–Crippen LogP) is 5.71. The fourth-order valence-electron chi connectivity index (χ4n) is 2.41. The standard InChI is InChI=1S/C16H8ClF3IN3OS/c17-12-6-5-10(7-11(12)16(18,19)20)23-13(22)14(26)24(15(23)25)9-3-1-8(21)2-4-9/h1-7,22H. The van der Waals surface area contributed by atoms with Crippen LogP contribution < -0.4 is 9.80 Å². The molecule has 10 heteroatoms. The minimum Gasteiger partial charge on any atom is -0.281 e. The van der Waals surface area contributed by atoms with E-state index in [-0.39, 0.29) is 16.5 Å². The second-order valence-electron chi connectivity index (χ2n) is 5.25. The smallest absolute Gasteiger partial charge is 0.281 e. The predicted molar refractivity (Wildman–Crippen MR) is 106 cm³/mol. The lowest BCUT2D eigenvalue weighted by molar-refractivity contribution is -0.137. The van der Waals surface area contributed by atoms with Crippen molar-refractivity contribution < 1.29 is 18.0 Å². The van der Waals surface area contributed by atoms with Gasteiger partial charge in [-0.2, -0.15) is 13.2 Å². The summed E-state index contributed by atoms with van der Waals surface area (Å²) in [4.78, 5) is 14.6. The van der Waals surface area contributed by atoms with Crippen molar-refractivity contribution in [3.8, 4) is 0 Å². The van der Waals surface area contributed by atoms with Gasteiger partial charge in [-0.05, 0) is 65.1 Å². The number of amides is 2. The Balaban J connectivity index is 2.04. The molecule has 134 valence electrons. The number of hydrogen-bond acceptors (Lipinski definition) is 3. The number of hydrogen-bond donors (Lipinski definition) is 1. The molecule has 0 spiro atoms. The van der Waals surface area contributed by atoms with E-state index in [0.717, 1.165) is 25.5 Å². The quantitative estimate of drug-likeness (QED) is 0.416. The Bertz CT molecular complexity index is 933. The average Bonchev–Trinajstić information content (AvgIpc) is 2.78. The molecule has 2 amide bonds. The number of nitrogens with one attached hydrogen (secondary N) is 1. The van der Waals surface area contributed by atoms with Gasteiger partial charge >= 0.3 is 12.2 Å². The highest BCUT2D eigenvalue weighted by molar-refractivity contribution is 14.1. The van der Waals surface area contributed by atoms with Crippen LogP contribution in [0.25, 0.3) is 0 Å². The van der Waals surface area contributed by atoms with E-state index in [4.69, 9.17) is 29.2 Å². The second kappa shape index (κ2) is 6.78. The lowest BCUT2D eigenvalue weighted by Crippen LogP contribution is -2.33. The summed E-state index contributed by atoms with van der Waals surface area (Å²) in [6, 6.07) is 9.08. The van der Waals surface area contributed by atoms with Gasteiger partial charge in [0.15, 0.2) is 10.8 Å². The summed E-state index contributed by atoms with van der Waals surface area (Å²) >= 11 is 12.9. The van der Waals surface area contributed by atoms with Crippen LogP contribution in [0.3, 0.4) is 0 Å². The van der Waals surface area contributed by atoms with E-state index in [1.165, 1.54) is 6.07 Å². The van der Waals surface area contributed by atoms with E-state index >= 15 is 0 Å². The van der Waals surface area contributed by atoms with Crippen LogP contribution in [0, 0.1) is 8.98 Å². The third kappa shape index (κ3) is 3.30. The van der Waals surface area contributed by atoms with Gasteiger partial charge in [0.1, 0.15) is 0 Å². The molecule has 4 nitrogen and oxygen atoms in total. The molecule has 26 heavy (non-hydrogen) atoms. The fourth-order valence-corrected chi connectivity index (χ4v) is 3.27. The fraction of sp³-hybridized carbons (Fsp3) is 0.0625. The summed E-state index contributed by atoms with van der Waals surface area (Å²) in [5, 5.41) is 7.60. The topological polar surface area (TPSA) is 47.4 Å². The Morgan fingerprint density at radius 3 is 2.19 bits per heavy atom. The van der Waals surface area contributed by atoms with Gasteiger partial charge in [0.25, 0.3) is 0 Å². The number of carbonyl (C=O) groups excluding carboxylic acids is 1. The maximum absolute atomic E-state index is 13.1. The number of urea groups is 1. The van der Waals surface area contributed by atoms with Gasteiger partial charge in [-0.3, -0.25) is 5.41 Å². The first kappa shape index (κ1) is 19.1. The van der Waals surface area contributed by atoms with Crippen LogP contribution in [0.1, 0.15) is 5.56 Å². The van der Waals surface area contributed by atoms with Crippen molar-refractivity contribution in [1.29, 1.82) is 5.41 Å². The van der Waals surface area contributed by atoms with E-state index in [1.807, 2.05) is 0 Å². The van der Waals surface area contributed by atoms with E-state index in [2.05, 4.69) is 22.6 Å².